The standard InChI is InChI=1S/C17H17NO3/c1-3-20-16-8-4-14(5-9-16)12-18-15-6-10-17(11-7-15)21-13(2)19/h4-12H,3H2,1-2H3/b18-12+. The molecule has 0 N–H and O–H groups in total. The third-order valence-corrected chi connectivity index (χ3v) is 2.65. The molecule has 2 rings (SSSR count). The molecular weight excluding hydrogens is 266 g/mol. The predicted molar refractivity (Wildman–Crippen MR) is 82.6 cm³/mol. The van der Waals surface area contributed by atoms with Crippen molar-refractivity contribution in [1.29, 1.82) is 0 Å². The Balaban J connectivity index is 2.01. The van der Waals surface area contributed by atoms with Crippen molar-refractivity contribution in [2.45, 2.75) is 13.8 Å². The number of hydrogen-bond acceptors (Lipinski definition) is 4. The van der Waals surface area contributed by atoms with E-state index in [1.165, 1.54) is 6.92 Å². The molecule has 0 fully saturated rings. The van der Waals surface area contributed by atoms with E-state index in [9.17, 15) is 4.79 Å². The topological polar surface area (TPSA) is 47.9 Å². The Morgan fingerprint density at radius 3 is 2.24 bits per heavy atom. The summed E-state index contributed by atoms with van der Waals surface area (Å²) in [6.45, 7) is 3.98. The maximum absolute atomic E-state index is 10.8. The fourth-order valence-corrected chi connectivity index (χ4v) is 1.73. The fraction of sp³-hybridized carbons (Fsp3) is 0.176. The lowest BCUT2D eigenvalue weighted by molar-refractivity contribution is -0.131. The maximum Gasteiger partial charge on any atom is 0.308 e. The van der Waals surface area contributed by atoms with Gasteiger partial charge in [0, 0.05) is 13.1 Å². The highest BCUT2D eigenvalue weighted by molar-refractivity contribution is 5.82. The minimum atomic E-state index is -0.333. The number of benzene rings is 2. The number of hydrogen-bond donors (Lipinski definition) is 0. The summed E-state index contributed by atoms with van der Waals surface area (Å²) in [4.78, 5) is 15.2. The molecule has 0 atom stereocenters. The van der Waals surface area contributed by atoms with Crippen LogP contribution in [0.3, 0.4) is 0 Å². The van der Waals surface area contributed by atoms with Crippen LogP contribution in [0, 0.1) is 0 Å². The molecular formula is C17H17NO3. The number of esters is 1. The van der Waals surface area contributed by atoms with E-state index in [0.29, 0.717) is 12.4 Å². The Morgan fingerprint density at radius 2 is 1.67 bits per heavy atom. The van der Waals surface area contributed by atoms with Gasteiger partial charge in [0.25, 0.3) is 0 Å². The van der Waals surface area contributed by atoms with Gasteiger partial charge in [-0.1, -0.05) is 0 Å². The monoisotopic (exact) mass is 283 g/mol. The van der Waals surface area contributed by atoms with Gasteiger partial charge in [-0.3, -0.25) is 9.79 Å². The third-order valence-electron chi connectivity index (χ3n) is 2.65. The fourth-order valence-electron chi connectivity index (χ4n) is 1.73. The summed E-state index contributed by atoms with van der Waals surface area (Å²) in [5, 5.41) is 0. The van der Waals surface area contributed by atoms with E-state index >= 15 is 0 Å². The lowest BCUT2D eigenvalue weighted by atomic mass is 10.2. The van der Waals surface area contributed by atoms with Crippen LogP contribution >= 0.6 is 0 Å². The van der Waals surface area contributed by atoms with Gasteiger partial charge in [0.05, 0.1) is 12.3 Å². The second-order valence-corrected chi connectivity index (χ2v) is 4.35. The molecule has 0 aromatic heterocycles. The van der Waals surface area contributed by atoms with E-state index in [-0.39, 0.29) is 5.97 Å². The van der Waals surface area contributed by atoms with Crippen LogP contribution < -0.4 is 9.47 Å². The minimum Gasteiger partial charge on any atom is -0.494 e. The zero-order valence-electron chi connectivity index (χ0n) is 12.1. The van der Waals surface area contributed by atoms with Crippen molar-refractivity contribution in [2.75, 3.05) is 6.61 Å². The van der Waals surface area contributed by atoms with Crippen LogP contribution in [0.15, 0.2) is 53.5 Å². The van der Waals surface area contributed by atoms with Crippen LogP contribution in [-0.2, 0) is 4.79 Å². The number of carbonyl (C=O) groups is 1. The second-order valence-electron chi connectivity index (χ2n) is 4.35. The van der Waals surface area contributed by atoms with Gasteiger partial charge >= 0.3 is 5.97 Å². The van der Waals surface area contributed by atoms with E-state index in [1.807, 2.05) is 31.2 Å². The van der Waals surface area contributed by atoms with Crippen molar-refractivity contribution in [3.63, 3.8) is 0 Å². The summed E-state index contributed by atoms with van der Waals surface area (Å²) in [7, 11) is 0. The Morgan fingerprint density at radius 1 is 1.05 bits per heavy atom. The maximum atomic E-state index is 10.8. The smallest absolute Gasteiger partial charge is 0.308 e. The van der Waals surface area contributed by atoms with E-state index in [1.54, 1.807) is 30.5 Å². The summed E-state index contributed by atoms with van der Waals surface area (Å²) in [6.07, 6.45) is 1.77. The molecule has 0 radical (unpaired) electrons. The molecule has 0 amide bonds. The molecule has 0 bridgehead atoms. The molecule has 21 heavy (non-hydrogen) atoms. The number of nitrogens with zero attached hydrogens (tertiary/aromatic N) is 1. The van der Waals surface area contributed by atoms with Crippen LogP contribution in [0.1, 0.15) is 19.4 Å². The Bertz CT molecular complexity index is 615. The molecule has 0 heterocycles. The molecule has 0 aliphatic heterocycles. The molecule has 0 saturated carbocycles. The van der Waals surface area contributed by atoms with Gasteiger partial charge in [-0.25, -0.2) is 0 Å². The van der Waals surface area contributed by atoms with Crippen molar-refractivity contribution in [1.82, 2.24) is 0 Å². The highest BCUT2D eigenvalue weighted by Crippen LogP contribution is 2.18. The molecule has 0 unspecified atom stereocenters. The Labute approximate surface area is 124 Å². The van der Waals surface area contributed by atoms with Gasteiger partial charge in [-0.05, 0) is 61.0 Å². The summed E-state index contributed by atoms with van der Waals surface area (Å²) < 4.78 is 10.3. The molecule has 4 heteroatoms. The molecule has 0 spiro atoms. The lowest BCUT2D eigenvalue weighted by Gasteiger charge is -2.02. The van der Waals surface area contributed by atoms with E-state index in [4.69, 9.17) is 9.47 Å². The van der Waals surface area contributed by atoms with Crippen LogP contribution in [0.2, 0.25) is 0 Å². The molecule has 4 nitrogen and oxygen atoms in total. The quantitative estimate of drug-likeness (QED) is 0.477. The minimum absolute atomic E-state index is 0.333. The first-order valence-electron chi connectivity index (χ1n) is 6.73. The van der Waals surface area contributed by atoms with Crippen LogP contribution in [0.5, 0.6) is 11.5 Å². The molecule has 2 aromatic carbocycles. The number of rotatable bonds is 5. The number of aliphatic imine (C=N–C) groups is 1. The summed E-state index contributed by atoms with van der Waals surface area (Å²) in [5.74, 6) is 1.03. The van der Waals surface area contributed by atoms with Gasteiger partial charge in [0.15, 0.2) is 0 Å². The first kappa shape index (κ1) is 14.8. The highest BCUT2D eigenvalue weighted by Gasteiger charge is 1.97. The molecule has 2 aromatic rings. The molecule has 108 valence electrons. The van der Waals surface area contributed by atoms with Crippen LogP contribution in [0.25, 0.3) is 0 Å². The molecule has 0 saturated heterocycles. The van der Waals surface area contributed by atoms with Gasteiger partial charge in [-0.15, -0.1) is 0 Å². The largest absolute Gasteiger partial charge is 0.494 e. The van der Waals surface area contributed by atoms with Crippen molar-refractivity contribution in [2.24, 2.45) is 4.99 Å². The van der Waals surface area contributed by atoms with Crippen molar-refractivity contribution in [3.05, 3.63) is 54.1 Å². The van der Waals surface area contributed by atoms with Crippen molar-refractivity contribution >= 4 is 17.9 Å². The van der Waals surface area contributed by atoms with Gasteiger partial charge < -0.3 is 9.47 Å². The third kappa shape index (κ3) is 4.76. The zero-order valence-corrected chi connectivity index (χ0v) is 12.1. The Kier molecular flexibility index (Phi) is 5.10. The van der Waals surface area contributed by atoms with Gasteiger partial charge in [0.1, 0.15) is 11.5 Å². The van der Waals surface area contributed by atoms with Crippen LogP contribution in [0.4, 0.5) is 5.69 Å². The summed E-state index contributed by atoms with van der Waals surface area (Å²) in [5.41, 5.74) is 1.78. The first-order chi connectivity index (χ1) is 10.2. The number of ether oxygens (including phenoxy) is 2. The normalized spacial score (nSPS) is 10.6. The summed E-state index contributed by atoms with van der Waals surface area (Å²) >= 11 is 0. The van der Waals surface area contributed by atoms with Gasteiger partial charge in [-0.2, -0.15) is 0 Å². The zero-order chi connectivity index (χ0) is 15.1. The predicted octanol–water partition coefficient (Wildman–Crippen LogP) is 3.76. The average Bonchev–Trinajstić information content (AvgIpc) is 2.48. The second kappa shape index (κ2) is 7.24. The highest BCUT2D eigenvalue weighted by atomic mass is 16.5. The number of carbonyl (C=O) groups excluding carboxylic acids is 1. The van der Waals surface area contributed by atoms with Crippen molar-refractivity contribution < 1.29 is 14.3 Å². The summed E-state index contributed by atoms with van der Waals surface area (Å²) in [6, 6.07) is 14.7. The first-order valence-corrected chi connectivity index (χ1v) is 6.73. The van der Waals surface area contributed by atoms with E-state index in [2.05, 4.69) is 4.99 Å². The molecule has 0 aliphatic rings. The van der Waals surface area contributed by atoms with Crippen molar-refractivity contribution in [3.8, 4) is 11.5 Å². The Hall–Kier alpha value is -2.62. The average molecular weight is 283 g/mol. The van der Waals surface area contributed by atoms with E-state index < -0.39 is 0 Å². The lowest BCUT2D eigenvalue weighted by Crippen LogP contribution is -2.00. The van der Waals surface area contributed by atoms with Gasteiger partial charge in [0.2, 0.25) is 0 Å². The molecule has 0 aliphatic carbocycles. The van der Waals surface area contributed by atoms with E-state index in [0.717, 1.165) is 17.0 Å². The van der Waals surface area contributed by atoms with Crippen LogP contribution in [-0.4, -0.2) is 18.8 Å². The SMILES string of the molecule is CCOc1ccc(/C=N/c2ccc(OC(C)=O)cc2)cc1.